The van der Waals surface area contributed by atoms with Gasteiger partial charge in [0, 0.05) is 55.4 Å². The maximum Gasteiger partial charge on any atom is 0.272 e. The Morgan fingerprint density at radius 1 is 0.949 bits per heavy atom. The first-order valence-corrected chi connectivity index (χ1v) is 12.8. The molecule has 1 aromatic heterocycles. The summed E-state index contributed by atoms with van der Waals surface area (Å²) in [6, 6.07) is 20.9. The average Bonchev–Trinajstić information content (AvgIpc) is 3.61. The number of ether oxygens (including phenoxy) is 2. The number of nitro groups is 1. The van der Waals surface area contributed by atoms with Crippen molar-refractivity contribution in [2.24, 2.45) is 0 Å². The van der Waals surface area contributed by atoms with Crippen molar-refractivity contribution < 1.29 is 19.2 Å². The molecule has 39 heavy (non-hydrogen) atoms. The molecule has 2 aliphatic rings. The number of halogens is 1. The first-order chi connectivity index (χ1) is 18.9. The van der Waals surface area contributed by atoms with Crippen molar-refractivity contribution in [3.05, 3.63) is 99.2 Å². The average molecular weight is 546 g/mol. The molecule has 6 rings (SSSR count). The second-order valence-corrected chi connectivity index (χ2v) is 9.80. The predicted molar refractivity (Wildman–Crippen MR) is 144 cm³/mol. The van der Waals surface area contributed by atoms with E-state index in [2.05, 4.69) is 10.00 Å². The standard InChI is InChI=1S/C28H24ClN5O5/c29-21-2-1-3-23(15-21)33-25(16-24(30-33)20-5-7-22(8-6-20)34(36)37)28(35)32-12-10-31(11-13-32)17-19-4-9-26-27(14-19)39-18-38-26/h1-9,14-16H,10-13,17-18H2. The number of benzene rings is 3. The van der Waals surface area contributed by atoms with Gasteiger partial charge in [-0.25, -0.2) is 4.68 Å². The van der Waals surface area contributed by atoms with Crippen molar-refractivity contribution in [3.8, 4) is 28.4 Å². The van der Waals surface area contributed by atoms with Crippen LogP contribution in [0, 0.1) is 10.1 Å². The van der Waals surface area contributed by atoms with Gasteiger partial charge in [-0.05, 0) is 54.1 Å². The van der Waals surface area contributed by atoms with E-state index in [0.717, 1.165) is 36.7 Å². The third-order valence-corrected chi connectivity index (χ3v) is 7.09. The molecular formula is C28H24ClN5O5. The number of carbonyl (C=O) groups excluding carboxylic acids is 1. The highest BCUT2D eigenvalue weighted by Gasteiger charge is 2.27. The zero-order valence-electron chi connectivity index (χ0n) is 20.8. The van der Waals surface area contributed by atoms with Crippen LogP contribution >= 0.6 is 11.6 Å². The molecule has 1 fully saturated rings. The highest BCUT2D eigenvalue weighted by molar-refractivity contribution is 6.30. The van der Waals surface area contributed by atoms with Gasteiger partial charge in [0.05, 0.1) is 16.3 Å². The Bertz CT molecular complexity index is 1550. The summed E-state index contributed by atoms with van der Waals surface area (Å²) in [5.41, 5.74) is 3.38. The van der Waals surface area contributed by atoms with Crippen LogP contribution in [0.4, 0.5) is 5.69 Å². The van der Waals surface area contributed by atoms with E-state index >= 15 is 0 Å². The van der Waals surface area contributed by atoms with Gasteiger partial charge in [-0.15, -0.1) is 0 Å². The van der Waals surface area contributed by atoms with Crippen LogP contribution in [-0.2, 0) is 6.54 Å². The van der Waals surface area contributed by atoms with E-state index in [1.165, 1.54) is 12.1 Å². The lowest BCUT2D eigenvalue weighted by molar-refractivity contribution is -0.384. The van der Waals surface area contributed by atoms with Gasteiger partial charge in [-0.1, -0.05) is 23.7 Å². The molecule has 0 aliphatic carbocycles. The molecule has 3 aromatic carbocycles. The number of nitro benzene ring substituents is 1. The van der Waals surface area contributed by atoms with E-state index in [4.69, 9.17) is 21.1 Å². The molecule has 1 amide bonds. The van der Waals surface area contributed by atoms with Crippen LogP contribution in [0.2, 0.25) is 5.02 Å². The van der Waals surface area contributed by atoms with Crippen LogP contribution in [0.15, 0.2) is 72.8 Å². The van der Waals surface area contributed by atoms with Gasteiger partial charge >= 0.3 is 0 Å². The number of hydrogen-bond donors (Lipinski definition) is 0. The molecule has 2 aliphatic heterocycles. The van der Waals surface area contributed by atoms with Gasteiger partial charge in [0.25, 0.3) is 11.6 Å². The van der Waals surface area contributed by atoms with E-state index in [1.807, 2.05) is 29.2 Å². The van der Waals surface area contributed by atoms with Crippen molar-refractivity contribution in [2.75, 3.05) is 33.0 Å². The Balaban J connectivity index is 1.21. The zero-order valence-corrected chi connectivity index (χ0v) is 21.6. The lowest BCUT2D eigenvalue weighted by Gasteiger charge is -2.34. The third-order valence-electron chi connectivity index (χ3n) is 6.86. The molecule has 1 saturated heterocycles. The fraction of sp³-hybridized carbons (Fsp3) is 0.214. The van der Waals surface area contributed by atoms with Gasteiger partial charge in [-0.2, -0.15) is 5.10 Å². The minimum absolute atomic E-state index is 0.0112. The molecule has 0 bridgehead atoms. The zero-order chi connectivity index (χ0) is 26.9. The first-order valence-electron chi connectivity index (χ1n) is 12.5. The van der Waals surface area contributed by atoms with Gasteiger partial charge in [-0.3, -0.25) is 19.8 Å². The smallest absolute Gasteiger partial charge is 0.272 e. The van der Waals surface area contributed by atoms with Crippen LogP contribution in [0.25, 0.3) is 16.9 Å². The van der Waals surface area contributed by atoms with Crippen LogP contribution in [0.5, 0.6) is 11.5 Å². The maximum atomic E-state index is 13.8. The highest BCUT2D eigenvalue weighted by atomic mass is 35.5. The minimum atomic E-state index is -0.449. The summed E-state index contributed by atoms with van der Waals surface area (Å²) in [6.07, 6.45) is 0. The van der Waals surface area contributed by atoms with Crippen LogP contribution in [-0.4, -0.2) is 63.4 Å². The molecule has 0 radical (unpaired) electrons. The number of rotatable bonds is 6. The fourth-order valence-electron chi connectivity index (χ4n) is 4.80. The minimum Gasteiger partial charge on any atom is -0.454 e. The Labute approximate surface area is 229 Å². The summed E-state index contributed by atoms with van der Waals surface area (Å²) in [7, 11) is 0. The van der Waals surface area contributed by atoms with Gasteiger partial charge < -0.3 is 14.4 Å². The molecule has 0 saturated carbocycles. The normalized spacial score (nSPS) is 14.9. The van der Waals surface area contributed by atoms with E-state index in [-0.39, 0.29) is 18.4 Å². The fourth-order valence-corrected chi connectivity index (χ4v) is 4.99. The Morgan fingerprint density at radius 3 is 2.46 bits per heavy atom. The van der Waals surface area contributed by atoms with Crippen molar-refractivity contribution in [3.63, 3.8) is 0 Å². The number of amides is 1. The number of nitrogens with zero attached hydrogens (tertiary/aromatic N) is 5. The summed E-state index contributed by atoms with van der Waals surface area (Å²) in [4.78, 5) is 28.5. The van der Waals surface area contributed by atoms with Crippen molar-refractivity contribution >= 4 is 23.2 Å². The summed E-state index contributed by atoms with van der Waals surface area (Å²) < 4.78 is 12.5. The van der Waals surface area contributed by atoms with Crippen LogP contribution < -0.4 is 9.47 Å². The topological polar surface area (TPSA) is 103 Å². The molecule has 0 atom stereocenters. The van der Waals surface area contributed by atoms with Crippen molar-refractivity contribution in [2.45, 2.75) is 6.54 Å². The number of hydrogen-bond acceptors (Lipinski definition) is 7. The predicted octanol–water partition coefficient (Wildman–Crippen LogP) is 4.79. The summed E-state index contributed by atoms with van der Waals surface area (Å²) >= 11 is 6.24. The van der Waals surface area contributed by atoms with Crippen LogP contribution in [0.3, 0.4) is 0 Å². The van der Waals surface area contributed by atoms with Gasteiger partial charge in [0.1, 0.15) is 5.69 Å². The number of aromatic nitrogens is 2. The first kappa shape index (κ1) is 24.9. The molecule has 0 N–H and O–H groups in total. The number of carbonyl (C=O) groups is 1. The second-order valence-electron chi connectivity index (χ2n) is 9.37. The van der Waals surface area contributed by atoms with Crippen molar-refractivity contribution in [1.82, 2.24) is 19.6 Å². The van der Waals surface area contributed by atoms with E-state index in [9.17, 15) is 14.9 Å². The molecule has 4 aromatic rings. The summed E-state index contributed by atoms with van der Waals surface area (Å²) in [5.74, 6) is 1.39. The number of fused-ring (bicyclic) bond motifs is 1. The highest BCUT2D eigenvalue weighted by Crippen LogP contribution is 2.33. The number of piperazine rings is 1. The Hall–Kier alpha value is -4.41. The van der Waals surface area contributed by atoms with Gasteiger partial charge in [0.15, 0.2) is 11.5 Å². The second kappa shape index (κ2) is 10.4. The Kier molecular flexibility index (Phi) is 6.64. The van der Waals surface area contributed by atoms with E-state index in [0.29, 0.717) is 40.8 Å². The quantitative estimate of drug-likeness (QED) is 0.253. The van der Waals surface area contributed by atoms with E-state index < -0.39 is 4.92 Å². The van der Waals surface area contributed by atoms with Gasteiger partial charge in [0.2, 0.25) is 6.79 Å². The van der Waals surface area contributed by atoms with Crippen LogP contribution in [0.1, 0.15) is 16.1 Å². The largest absolute Gasteiger partial charge is 0.454 e. The lowest BCUT2D eigenvalue weighted by atomic mass is 10.1. The molecule has 0 unspecified atom stereocenters. The SMILES string of the molecule is O=C(c1cc(-c2ccc([N+](=O)[O-])cc2)nn1-c1cccc(Cl)c1)N1CCN(Cc2ccc3c(c2)OCO3)CC1. The van der Waals surface area contributed by atoms with Crippen molar-refractivity contribution in [1.29, 1.82) is 0 Å². The summed E-state index contributed by atoms with van der Waals surface area (Å²) in [5, 5.41) is 16.3. The maximum absolute atomic E-state index is 13.8. The molecule has 11 heteroatoms. The van der Waals surface area contributed by atoms with E-state index in [1.54, 1.807) is 41.1 Å². The molecular weight excluding hydrogens is 522 g/mol. The Morgan fingerprint density at radius 2 is 1.72 bits per heavy atom. The molecule has 3 heterocycles. The molecule has 198 valence electrons. The molecule has 10 nitrogen and oxygen atoms in total. The monoisotopic (exact) mass is 545 g/mol. The number of non-ortho nitro benzene ring substituents is 1. The molecule has 0 spiro atoms. The lowest BCUT2D eigenvalue weighted by Crippen LogP contribution is -2.48. The summed E-state index contributed by atoms with van der Waals surface area (Å²) in [6.45, 7) is 3.58. The third kappa shape index (κ3) is 5.16.